The number of hydrogen-bond donors (Lipinski definition) is 0. The first-order chi connectivity index (χ1) is 11.2. The van der Waals surface area contributed by atoms with Gasteiger partial charge in [-0.05, 0) is 6.92 Å². The molecular formula is C16H20N4O3. The summed E-state index contributed by atoms with van der Waals surface area (Å²) in [6, 6.07) is 1.98. The number of rotatable bonds is 4. The van der Waals surface area contributed by atoms with Gasteiger partial charge in [-0.25, -0.2) is 4.98 Å². The van der Waals surface area contributed by atoms with Crippen LogP contribution < -0.4 is 4.74 Å². The molecule has 2 fully saturated rings. The molecule has 1 spiro atoms. The second-order valence-electron chi connectivity index (χ2n) is 6.38. The van der Waals surface area contributed by atoms with Gasteiger partial charge < -0.3 is 14.0 Å². The minimum Gasteiger partial charge on any atom is -0.473 e. The van der Waals surface area contributed by atoms with Crippen LogP contribution in [0.3, 0.4) is 0 Å². The maximum Gasteiger partial charge on any atom is 0.232 e. The number of ether oxygens (including phenoxy) is 2. The van der Waals surface area contributed by atoms with Crippen molar-refractivity contribution in [2.75, 3.05) is 19.7 Å². The average Bonchev–Trinajstić information content (AvgIpc) is 2.92. The van der Waals surface area contributed by atoms with E-state index in [1.54, 1.807) is 18.6 Å². The van der Waals surface area contributed by atoms with Gasteiger partial charge in [-0.2, -0.15) is 0 Å². The summed E-state index contributed by atoms with van der Waals surface area (Å²) in [7, 11) is 0. The van der Waals surface area contributed by atoms with E-state index in [2.05, 4.69) is 20.0 Å². The first-order valence-corrected chi connectivity index (χ1v) is 7.92. The molecule has 0 amide bonds. The van der Waals surface area contributed by atoms with Crippen LogP contribution in [-0.4, -0.2) is 51.4 Å². The quantitative estimate of drug-likeness (QED) is 0.848. The van der Waals surface area contributed by atoms with Crippen molar-refractivity contribution in [1.29, 1.82) is 0 Å². The molecular weight excluding hydrogens is 296 g/mol. The van der Waals surface area contributed by atoms with Gasteiger partial charge in [0.1, 0.15) is 11.9 Å². The lowest BCUT2D eigenvalue weighted by Crippen LogP contribution is -2.65. The van der Waals surface area contributed by atoms with Gasteiger partial charge in [0.15, 0.2) is 0 Å². The van der Waals surface area contributed by atoms with E-state index in [-0.39, 0.29) is 11.7 Å². The lowest BCUT2D eigenvalue weighted by molar-refractivity contribution is -0.188. The highest BCUT2D eigenvalue weighted by Gasteiger charge is 2.48. The van der Waals surface area contributed by atoms with E-state index in [1.807, 2.05) is 13.0 Å². The lowest BCUT2D eigenvalue weighted by atomic mass is 9.84. The third-order valence-electron chi connectivity index (χ3n) is 4.36. The zero-order valence-electron chi connectivity index (χ0n) is 13.1. The fourth-order valence-electron chi connectivity index (χ4n) is 3.42. The molecule has 2 aromatic heterocycles. The van der Waals surface area contributed by atoms with Crippen molar-refractivity contribution in [2.45, 2.75) is 38.0 Å². The number of nitrogens with zero attached hydrogens (tertiary/aromatic N) is 4. The normalized spacial score (nSPS) is 23.6. The maximum atomic E-state index is 6.04. The predicted molar refractivity (Wildman–Crippen MR) is 80.9 cm³/mol. The maximum absolute atomic E-state index is 6.04. The fourth-order valence-corrected chi connectivity index (χ4v) is 3.42. The van der Waals surface area contributed by atoms with Crippen molar-refractivity contribution in [3.05, 3.63) is 36.1 Å². The molecule has 1 atom stereocenters. The van der Waals surface area contributed by atoms with Gasteiger partial charge in [-0.1, -0.05) is 5.16 Å². The van der Waals surface area contributed by atoms with Crippen LogP contribution in [0.4, 0.5) is 0 Å². The summed E-state index contributed by atoms with van der Waals surface area (Å²) in [5, 5.41) is 4.04. The Balaban J connectivity index is 1.32. The largest absolute Gasteiger partial charge is 0.473 e. The molecule has 0 unspecified atom stereocenters. The Labute approximate surface area is 134 Å². The van der Waals surface area contributed by atoms with E-state index >= 15 is 0 Å². The number of hydrogen-bond acceptors (Lipinski definition) is 7. The van der Waals surface area contributed by atoms with Crippen molar-refractivity contribution in [3.8, 4) is 5.88 Å². The zero-order valence-corrected chi connectivity index (χ0v) is 13.1. The van der Waals surface area contributed by atoms with Crippen LogP contribution in [0.2, 0.25) is 0 Å². The summed E-state index contributed by atoms with van der Waals surface area (Å²) >= 11 is 0. The average molecular weight is 316 g/mol. The first kappa shape index (κ1) is 14.6. The minimum atomic E-state index is -0.0933. The smallest absolute Gasteiger partial charge is 0.232 e. The third-order valence-corrected chi connectivity index (χ3v) is 4.36. The number of likely N-dealkylation sites (tertiary alicyclic amines) is 1. The van der Waals surface area contributed by atoms with Crippen LogP contribution in [0, 0.1) is 6.92 Å². The monoisotopic (exact) mass is 316 g/mol. The Hall–Kier alpha value is -1.99. The molecule has 0 N–H and O–H groups in total. The second-order valence-corrected chi connectivity index (χ2v) is 6.38. The molecule has 23 heavy (non-hydrogen) atoms. The van der Waals surface area contributed by atoms with E-state index in [1.165, 1.54) is 0 Å². The van der Waals surface area contributed by atoms with E-state index in [0.717, 1.165) is 50.5 Å². The zero-order chi connectivity index (χ0) is 15.7. The van der Waals surface area contributed by atoms with Crippen LogP contribution in [0.5, 0.6) is 5.88 Å². The minimum absolute atomic E-state index is 0.0933. The summed E-state index contributed by atoms with van der Waals surface area (Å²) in [6.45, 7) is 5.24. The van der Waals surface area contributed by atoms with Crippen LogP contribution in [0.25, 0.3) is 0 Å². The molecule has 2 aliphatic rings. The standard InChI is InChI=1S/C16H20N4O3/c1-12-6-13(19-23-12)9-20-10-16(11-20)7-14(2-5-21-16)22-15-8-17-3-4-18-15/h3-4,6,8,14H,2,5,7,9-11H2,1H3/t14-/m0/s1. The molecule has 2 aliphatic heterocycles. The molecule has 4 rings (SSSR count). The Morgan fingerprint density at radius 3 is 3.04 bits per heavy atom. The van der Waals surface area contributed by atoms with Gasteiger partial charge in [0, 0.05) is 50.9 Å². The second kappa shape index (κ2) is 5.90. The Bertz CT molecular complexity index is 654. The van der Waals surface area contributed by atoms with Gasteiger partial charge in [-0.15, -0.1) is 0 Å². The van der Waals surface area contributed by atoms with Crippen LogP contribution >= 0.6 is 0 Å². The van der Waals surface area contributed by atoms with Crippen molar-refractivity contribution >= 4 is 0 Å². The van der Waals surface area contributed by atoms with Gasteiger partial charge >= 0.3 is 0 Å². The van der Waals surface area contributed by atoms with Crippen LogP contribution in [0.1, 0.15) is 24.3 Å². The van der Waals surface area contributed by atoms with E-state index in [9.17, 15) is 0 Å². The van der Waals surface area contributed by atoms with Crippen molar-refractivity contribution < 1.29 is 14.0 Å². The molecule has 0 saturated carbocycles. The molecule has 0 bridgehead atoms. The topological polar surface area (TPSA) is 73.5 Å². The van der Waals surface area contributed by atoms with Crippen molar-refractivity contribution in [1.82, 2.24) is 20.0 Å². The van der Waals surface area contributed by atoms with Crippen molar-refractivity contribution in [2.24, 2.45) is 0 Å². The summed E-state index contributed by atoms with van der Waals surface area (Å²) in [5.41, 5.74) is 0.879. The molecule has 2 saturated heterocycles. The van der Waals surface area contributed by atoms with Crippen molar-refractivity contribution in [3.63, 3.8) is 0 Å². The third kappa shape index (κ3) is 3.20. The summed E-state index contributed by atoms with van der Waals surface area (Å²) < 4.78 is 17.1. The SMILES string of the molecule is Cc1cc(CN2CC3(C[C@@H](Oc4cnccn4)CCO3)C2)no1. The predicted octanol–water partition coefficient (Wildman–Crippen LogP) is 1.59. The van der Waals surface area contributed by atoms with Crippen LogP contribution in [0.15, 0.2) is 29.2 Å². The van der Waals surface area contributed by atoms with Gasteiger partial charge in [0.2, 0.25) is 5.88 Å². The van der Waals surface area contributed by atoms with E-state index < -0.39 is 0 Å². The highest BCUT2D eigenvalue weighted by atomic mass is 16.5. The van der Waals surface area contributed by atoms with E-state index in [4.69, 9.17) is 14.0 Å². The molecule has 122 valence electrons. The molecule has 2 aromatic rings. The molecule has 0 radical (unpaired) electrons. The Morgan fingerprint density at radius 2 is 2.30 bits per heavy atom. The molecule has 7 nitrogen and oxygen atoms in total. The molecule has 4 heterocycles. The fraction of sp³-hybridized carbons (Fsp3) is 0.562. The van der Waals surface area contributed by atoms with Crippen LogP contribution in [-0.2, 0) is 11.3 Å². The highest BCUT2D eigenvalue weighted by Crippen LogP contribution is 2.36. The van der Waals surface area contributed by atoms with Gasteiger partial charge in [0.05, 0.1) is 24.1 Å². The van der Waals surface area contributed by atoms with Gasteiger partial charge in [-0.3, -0.25) is 9.88 Å². The summed E-state index contributed by atoms with van der Waals surface area (Å²) in [5.74, 6) is 1.44. The first-order valence-electron chi connectivity index (χ1n) is 7.92. The Kier molecular flexibility index (Phi) is 3.74. The molecule has 0 aliphatic carbocycles. The molecule has 0 aromatic carbocycles. The summed E-state index contributed by atoms with van der Waals surface area (Å²) in [4.78, 5) is 10.5. The highest BCUT2D eigenvalue weighted by molar-refractivity contribution is 5.09. The number of aryl methyl sites for hydroxylation is 1. The number of aromatic nitrogens is 3. The Morgan fingerprint density at radius 1 is 1.39 bits per heavy atom. The molecule has 7 heteroatoms. The summed E-state index contributed by atoms with van der Waals surface area (Å²) in [6.07, 6.45) is 6.86. The lowest BCUT2D eigenvalue weighted by Gasteiger charge is -2.52. The van der Waals surface area contributed by atoms with E-state index in [0.29, 0.717) is 5.88 Å². The van der Waals surface area contributed by atoms with Gasteiger partial charge in [0.25, 0.3) is 0 Å².